The standard InChI is InChI=1S/C12H24N2OS/c1-4-16-9-10(2)14-11(15)12(3)7-5-6-8-13-12/h10,13H,4-9H2,1-3H3,(H,14,15). The van der Waals surface area contributed by atoms with E-state index in [4.69, 9.17) is 0 Å². The quantitative estimate of drug-likeness (QED) is 0.774. The van der Waals surface area contributed by atoms with E-state index in [1.807, 2.05) is 18.7 Å². The summed E-state index contributed by atoms with van der Waals surface area (Å²) in [7, 11) is 0. The third-order valence-electron chi connectivity index (χ3n) is 3.07. The van der Waals surface area contributed by atoms with E-state index in [1.54, 1.807) is 0 Å². The molecule has 2 unspecified atom stereocenters. The highest BCUT2D eigenvalue weighted by molar-refractivity contribution is 7.99. The number of thioether (sulfide) groups is 1. The van der Waals surface area contributed by atoms with Gasteiger partial charge in [-0.1, -0.05) is 6.92 Å². The van der Waals surface area contributed by atoms with Crippen LogP contribution in [-0.2, 0) is 4.79 Å². The van der Waals surface area contributed by atoms with Crippen molar-refractivity contribution in [3.63, 3.8) is 0 Å². The molecule has 3 nitrogen and oxygen atoms in total. The van der Waals surface area contributed by atoms with Crippen molar-refractivity contribution in [2.45, 2.75) is 51.6 Å². The Morgan fingerprint density at radius 3 is 2.88 bits per heavy atom. The van der Waals surface area contributed by atoms with Gasteiger partial charge in [0.05, 0.1) is 5.54 Å². The maximum Gasteiger partial charge on any atom is 0.240 e. The highest BCUT2D eigenvalue weighted by atomic mass is 32.2. The normalized spacial score (nSPS) is 27.4. The molecule has 1 fully saturated rings. The van der Waals surface area contributed by atoms with Crippen LogP contribution in [0.1, 0.15) is 40.0 Å². The summed E-state index contributed by atoms with van der Waals surface area (Å²) in [5.74, 6) is 2.27. The minimum atomic E-state index is -0.344. The van der Waals surface area contributed by atoms with Crippen molar-refractivity contribution < 1.29 is 4.79 Å². The van der Waals surface area contributed by atoms with Gasteiger partial charge in [0.15, 0.2) is 0 Å². The van der Waals surface area contributed by atoms with E-state index in [2.05, 4.69) is 24.5 Å². The molecule has 4 heteroatoms. The average Bonchev–Trinajstić information content (AvgIpc) is 2.27. The Morgan fingerprint density at radius 2 is 2.31 bits per heavy atom. The summed E-state index contributed by atoms with van der Waals surface area (Å²) < 4.78 is 0. The number of carbonyl (C=O) groups is 1. The molecule has 2 N–H and O–H groups in total. The molecule has 0 aromatic rings. The van der Waals surface area contributed by atoms with Gasteiger partial charge in [-0.15, -0.1) is 0 Å². The molecule has 1 aliphatic rings. The van der Waals surface area contributed by atoms with Gasteiger partial charge in [-0.05, 0) is 45.4 Å². The lowest BCUT2D eigenvalue weighted by Crippen LogP contribution is -2.58. The van der Waals surface area contributed by atoms with E-state index in [0.29, 0.717) is 0 Å². The number of rotatable bonds is 5. The Morgan fingerprint density at radius 1 is 1.56 bits per heavy atom. The molecule has 16 heavy (non-hydrogen) atoms. The molecule has 0 bridgehead atoms. The molecule has 0 aromatic heterocycles. The van der Waals surface area contributed by atoms with Crippen molar-refractivity contribution in [1.82, 2.24) is 10.6 Å². The van der Waals surface area contributed by atoms with Crippen molar-refractivity contribution in [1.29, 1.82) is 0 Å². The van der Waals surface area contributed by atoms with Crippen molar-refractivity contribution >= 4 is 17.7 Å². The molecule has 0 aromatic carbocycles. The Hall–Kier alpha value is -0.220. The first-order valence-corrected chi connectivity index (χ1v) is 7.37. The maximum atomic E-state index is 12.1. The number of nitrogens with one attached hydrogen (secondary N) is 2. The predicted molar refractivity (Wildman–Crippen MR) is 70.9 cm³/mol. The number of amides is 1. The third kappa shape index (κ3) is 3.98. The van der Waals surface area contributed by atoms with E-state index >= 15 is 0 Å². The van der Waals surface area contributed by atoms with Crippen LogP contribution in [0.15, 0.2) is 0 Å². The zero-order valence-corrected chi connectivity index (χ0v) is 11.5. The van der Waals surface area contributed by atoms with Crippen LogP contribution in [0.2, 0.25) is 0 Å². The van der Waals surface area contributed by atoms with Crippen LogP contribution in [0.5, 0.6) is 0 Å². The lowest BCUT2D eigenvalue weighted by atomic mass is 9.90. The second-order valence-electron chi connectivity index (χ2n) is 4.75. The van der Waals surface area contributed by atoms with E-state index in [9.17, 15) is 4.79 Å². The van der Waals surface area contributed by atoms with Crippen LogP contribution < -0.4 is 10.6 Å². The van der Waals surface area contributed by atoms with Crippen LogP contribution in [0.3, 0.4) is 0 Å². The van der Waals surface area contributed by atoms with E-state index in [-0.39, 0.29) is 17.5 Å². The SMILES string of the molecule is CCSCC(C)NC(=O)C1(C)CCCCN1. The lowest BCUT2D eigenvalue weighted by molar-refractivity contribution is -0.128. The molecule has 1 amide bonds. The molecule has 1 heterocycles. The minimum absolute atomic E-state index is 0.163. The Kier molecular flexibility index (Phi) is 5.62. The van der Waals surface area contributed by atoms with Crippen LogP contribution in [0.4, 0.5) is 0 Å². The first kappa shape index (κ1) is 13.8. The summed E-state index contributed by atoms with van der Waals surface area (Å²) in [6, 6.07) is 0.262. The Labute approximate surface area is 103 Å². The topological polar surface area (TPSA) is 41.1 Å². The fraction of sp³-hybridized carbons (Fsp3) is 0.917. The van der Waals surface area contributed by atoms with Gasteiger partial charge in [0.25, 0.3) is 0 Å². The molecule has 1 rings (SSSR count). The molecule has 2 atom stereocenters. The number of carbonyl (C=O) groups excluding carboxylic acids is 1. The molecule has 0 radical (unpaired) electrons. The van der Waals surface area contributed by atoms with Crippen LogP contribution >= 0.6 is 11.8 Å². The summed E-state index contributed by atoms with van der Waals surface area (Å²) in [5.41, 5.74) is -0.344. The fourth-order valence-corrected chi connectivity index (χ4v) is 2.64. The van der Waals surface area contributed by atoms with E-state index < -0.39 is 0 Å². The van der Waals surface area contributed by atoms with Crippen LogP contribution in [0.25, 0.3) is 0 Å². The van der Waals surface area contributed by atoms with Gasteiger partial charge in [-0.25, -0.2) is 0 Å². The van der Waals surface area contributed by atoms with Crippen molar-refractivity contribution in [3.8, 4) is 0 Å². The first-order chi connectivity index (χ1) is 7.58. The fourth-order valence-electron chi connectivity index (χ4n) is 1.97. The molecule has 94 valence electrons. The number of hydrogen-bond donors (Lipinski definition) is 2. The van der Waals surface area contributed by atoms with Gasteiger partial charge < -0.3 is 10.6 Å². The van der Waals surface area contributed by atoms with Gasteiger partial charge in [0.2, 0.25) is 5.91 Å². The summed E-state index contributed by atoms with van der Waals surface area (Å²) >= 11 is 1.87. The van der Waals surface area contributed by atoms with Crippen LogP contribution in [0, 0.1) is 0 Å². The molecular formula is C12H24N2OS. The van der Waals surface area contributed by atoms with Gasteiger partial charge >= 0.3 is 0 Å². The largest absolute Gasteiger partial charge is 0.351 e. The molecule has 1 saturated heterocycles. The molecule has 0 spiro atoms. The average molecular weight is 244 g/mol. The summed E-state index contributed by atoms with van der Waals surface area (Å²) in [6.07, 6.45) is 3.28. The van der Waals surface area contributed by atoms with Gasteiger partial charge in [-0.2, -0.15) is 11.8 Å². The third-order valence-corrected chi connectivity index (χ3v) is 4.21. The Bertz CT molecular complexity index is 227. The monoisotopic (exact) mass is 244 g/mol. The first-order valence-electron chi connectivity index (χ1n) is 6.22. The van der Waals surface area contributed by atoms with Crippen molar-refractivity contribution in [2.24, 2.45) is 0 Å². The van der Waals surface area contributed by atoms with Crippen molar-refractivity contribution in [3.05, 3.63) is 0 Å². The summed E-state index contributed by atoms with van der Waals surface area (Å²) in [4.78, 5) is 12.1. The molecular weight excluding hydrogens is 220 g/mol. The van der Waals surface area contributed by atoms with E-state index in [0.717, 1.165) is 30.9 Å². The van der Waals surface area contributed by atoms with Crippen LogP contribution in [-0.4, -0.2) is 35.5 Å². The molecule has 1 aliphatic heterocycles. The van der Waals surface area contributed by atoms with Gasteiger partial charge in [0, 0.05) is 11.8 Å². The predicted octanol–water partition coefficient (Wildman–Crippen LogP) is 1.78. The second-order valence-corrected chi connectivity index (χ2v) is 6.07. The maximum absolute atomic E-state index is 12.1. The number of hydrogen-bond acceptors (Lipinski definition) is 3. The second kappa shape index (κ2) is 6.50. The molecule has 0 saturated carbocycles. The number of piperidine rings is 1. The van der Waals surface area contributed by atoms with Crippen molar-refractivity contribution in [2.75, 3.05) is 18.1 Å². The van der Waals surface area contributed by atoms with Gasteiger partial charge in [-0.3, -0.25) is 4.79 Å². The Balaban J connectivity index is 2.38. The van der Waals surface area contributed by atoms with E-state index in [1.165, 1.54) is 6.42 Å². The smallest absolute Gasteiger partial charge is 0.240 e. The zero-order chi connectivity index (χ0) is 12.0. The zero-order valence-electron chi connectivity index (χ0n) is 10.6. The van der Waals surface area contributed by atoms with Gasteiger partial charge in [0.1, 0.15) is 0 Å². The summed E-state index contributed by atoms with van der Waals surface area (Å²) in [5, 5.41) is 6.44. The highest BCUT2D eigenvalue weighted by Crippen LogP contribution is 2.19. The molecule has 0 aliphatic carbocycles. The highest BCUT2D eigenvalue weighted by Gasteiger charge is 2.34. The summed E-state index contributed by atoms with van der Waals surface area (Å²) in [6.45, 7) is 7.19. The lowest BCUT2D eigenvalue weighted by Gasteiger charge is -2.34. The minimum Gasteiger partial charge on any atom is -0.351 e.